The molecule has 4 aromatic carbocycles. The highest BCUT2D eigenvalue weighted by Gasteiger charge is 2.02. The molecule has 0 saturated carbocycles. The summed E-state index contributed by atoms with van der Waals surface area (Å²) in [6.45, 7) is 0. The van der Waals surface area contributed by atoms with Crippen LogP contribution in [0.5, 0.6) is 23.0 Å². The van der Waals surface area contributed by atoms with Gasteiger partial charge in [0.2, 0.25) is 0 Å². The Morgan fingerprint density at radius 3 is 1.58 bits per heavy atom. The maximum atomic E-state index is 9.41. The summed E-state index contributed by atoms with van der Waals surface area (Å²) in [6, 6.07) is 20.8. The minimum atomic E-state index is -0.0753. The molecule has 120 valence electrons. The van der Waals surface area contributed by atoms with Crippen LogP contribution in [0.4, 0.5) is 0 Å². The van der Waals surface area contributed by atoms with E-state index in [9.17, 15) is 15.3 Å². The smallest absolute Gasteiger partial charge is 0.165 e. The molecule has 0 aliphatic carbocycles. The van der Waals surface area contributed by atoms with Gasteiger partial charge in [0, 0.05) is 16.2 Å². The molecular formula is C20H16O4. The highest BCUT2D eigenvalue weighted by molar-refractivity contribution is 5.92. The molecule has 4 aromatic rings. The summed E-state index contributed by atoms with van der Waals surface area (Å²) in [6.07, 6.45) is 0. The Morgan fingerprint density at radius 1 is 0.417 bits per heavy atom. The summed E-state index contributed by atoms with van der Waals surface area (Å²) in [4.78, 5) is 0. The first-order chi connectivity index (χ1) is 11.6. The first-order valence-electron chi connectivity index (χ1n) is 7.37. The number of fused-ring (bicyclic) bond motifs is 2. The third-order valence-electron chi connectivity index (χ3n) is 3.76. The molecule has 4 nitrogen and oxygen atoms in total. The fraction of sp³-hybridized carbons (Fsp3) is 0. The quantitative estimate of drug-likeness (QED) is 0.360. The number of hydrogen-bond acceptors (Lipinski definition) is 4. The fourth-order valence-electron chi connectivity index (χ4n) is 2.52. The van der Waals surface area contributed by atoms with Gasteiger partial charge in [-0.05, 0) is 23.6 Å². The predicted octanol–water partition coefficient (Wildman–Crippen LogP) is 4.50. The third-order valence-corrected chi connectivity index (χ3v) is 3.76. The zero-order valence-corrected chi connectivity index (χ0v) is 12.7. The summed E-state index contributed by atoms with van der Waals surface area (Å²) in [5.41, 5.74) is 0. The second-order valence-corrected chi connectivity index (χ2v) is 5.30. The van der Waals surface area contributed by atoms with Gasteiger partial charge in [-0.1, -0.05) is 54.6 Å². The summed E-state index contributed by atoms with van der Waals surface area (Å²) in [5, 5.41) is 40.3. The molecule has 0 aromatic heterocycles. The molecule has 0 atom stereocenters. The average Bonchev–Trinajstić information content (AvgIpc) is 2.60. The molecular weight excluding hydrogens is 304 g/mol. The van der Waals surface area contributed by atoms with Gasteiger partial charge >= 0.3 is 0 Å². The first kappa shape index (κ1) is 15.5. The zero-order valence-electron chi connectivity index (χ0n) is 12.7. The van der Waals surface area contributed by atoms with Gasteiger partial charge in [0.15, 0.2) is 11.5 Å². The second kappa shape index (κ2) is 6.38. The molecule has 0 spiro atoms. The summed E-state index contributed by atoms with van der Waals surface area (Å²) in [7, 11) is 0. The van der Waals surface area contributed by atoms with Crippen molar-refractivity contribution in [3.63, 3.8) is 0 Å². The lowest BCUT2D eigenvalue weighted by Crippen LogP contribution is -1.73. The van der Waals surface area contributed by atoms with Crippen LogP contribution >= 0.6 is 0 Å². The Bertz CT molecular complexity index is 966. The summed E-state index contributed by atoms with van der Waals surface area (Å²) in [5.74, 6) is 0.272. The van der Waals surface area contributed by atoms with E-state index >= 15 is 0 Å². The SMILES string of the molecule is Oc1ccc2ccccc2c1O.Oc1cccc2c(O)cccc12. The number of phenols is 4. The van der Waals surface area contributed by atoms with Crippen molar-refractivity contribution in [2.45, 2.75) is 0 Å². The van der Waals surface area contributed by atoms with Gasteiger partial charge in [-0.2, -0.15) is 0 Å². The number of hydrogen-bond donors (Lipinski definition) is 4. The van der Waals surface area contributed by atoms with E-state index in [1.165, 1.54) is 6.07 Å². The highest BCUT2D eigenvalue weighted by atomic mass is 16.3. The van der Waals surface area contributed by atoms with Crippen LogP contribution in [-0.2, 0) is 0 Å². The van der Waals surface area contributed by atoms with Crippen LogP contribution in [0, 0.1) is 0 Å². The van der Waals surface area contributed by atoms with E-state index in [1.54, 1.807) is 48.5 Å². The first-order valence-corrected chi connectivity index (χ1v) is 7.37. The van der Waals surface area contributed by atoms with E-state index in [0.717, 1.165) is 5.39 Å². The molecule has 0 amide bonds. The minimum Gasteiger partial charge on any atom is -0.507 e. The third kappa shape index (κ3) is 2.90. The lowest BCUT2D eigenvalue weighted by Gasteiger charge is -2.01. The van der Waals surface area contributed by atoms with Gasteiger partial charge in [-0.25, -0.2) is 0 Å². The molecule has 4 N–H and O–H groups in total. The Hall–Kier alpha value is -3.40. The monoisotopic (exact) mass is 320 g/mol. The zero-order chi connectivity index (χ0) is 17.1. The lowest BCUT2D eigenvalue weighted by atomic mass is 10.1. The van der Waals surface area contributed by atoms with Crippen molar-refractivity contribution in [1.82, 2.24) is 0 Å². The average molecular weight is 320 g/mol. The van der Waals surface area contributed by atoms with Crippen LogP contribution in [0.2, 0.25) is 0 Å². The number of benzene rings is 4. The van der Waals surface area contributed by atoms with E-state index < -0.39 is 0 Å². The van der Waals surface area contributed by atoms with Crippen molar-refractivity contribution in [3.05, 3.63) is 72.8 Å². The van der Waals surface area contributed by atoms with Crippen LogP contribution in [0.15, 0.2) is 72.8 Å². The lowest BCUT2D eigenvalue weighted by molar-refractivity contribution is 0.408. The van der Waals surface area contributed by atoms with Gasteiger partial charge in [0.25, 0.3) is 0 Å². The molecule has 0 bridgehead atoms. The van der Waals surface area contributed by atoms with E-state index in [1.807, 2.05) is 18.2 Å². The molecule has 0 aliphatic heterocycles. The molecule has 0 heterocycles. The standard InChI is InChI=1S/2C10H8O2/c11-9-5-1-3-7-8(9)4-2-6-10(7)12;11-9-6-5-7-3-1-2-4-8(7)10(9)12/h2*1-6,11-12H. The molecule has 0 radical (unpaired) electrons. The fourth-order valence-corrected chi connectivity index (χ4v) is 2.52. The van der Waals surface area contributed by atoms with Gasteiger partial charge in [-0.15, -0.1) is 0 Å². The van der Waals surface area contributed by atoms with Crippen LogP contribution in [0.25, 0.3) is 21.5 Å². The van der Waals surface area contributed by atoms with Crippen molar-refractivity contribution in [2.24, 2.45) is 0 Å². The maximum absolute atomic E-state index is 9.41. The Balaban J connectivity index is 0.000000141. The van der Waals surface area contributed by atoms with Crippen LogP contribution < -0.4 is 0 Å². The van der Waals surface area contributed by atoms with Crippen LogP contribution in [0.3, 0.4) is 0 Å². The van der Waals surface area contributed by atoms with E-state index in [-0.39, 0.29) is 23.0 Å². The van der Waals surface area contributed by atoms with Gasteiger partial charge in [-0.3, -0.25) is 0 Å². The van der Waals surface area contributed by atoms with Gasteiger partial charge < -0.3 is 20.4 Å². The molecule has 24 heavy (non-hydrogen) atoms. The Labute approximate surface area is 138 Å². The van der Waals surface area contributed by atoms with Crippen molar-refractivity contribution < 1.29 is 20.4 Å². The molecule has 0 unspecified atom stereocenters. The Kier molecular flexibility index (Phi) is 4.12. The van der Waals surface area contributed by atoms with Crippen molar-refractivity contribution in [1.29, 1.82) is 0 Å². The van der Waals surface area contributed by atoms with Crippen molar-refractivity contribution in [3.8, 4) is 23.0 Å². The number of rotatable bonds is 0. The summed E-state index contributed by atoms with van der Waals surface area (Å²) < 4.78 is 0. The molecule has 4 rings (SSSR count). The minimum absolute atomic E-state index is 0.0481. The Morgan fingerprint density at radius 2 is 0.958 bits per heavy atom. The van der Waals surface area contributed by atoms with Crippen LogP contribution in [-0.4, -0.2) is 20.4 Å². The number of phenolic OH excluding ortho intramolecular Hbond substituents is 4. The summed E-state index contributed by atoms with van der Waals surface area (Å²) >= 11 is 0. The number of aromatic hydroxyl groups is 4. The molecule has 4 heteroatoms. The van der Waals surface area contributed by atoms with Crippen molar-refractivity contribution >= 4 is 21.5 Å². The normalized spacial score (nSPS) is 10.3. The van der Waals surface area contributed by atoms with E-state index in [0.29, 0.717) is 16.2 Å². The van der Waals surface area contributed by atoms with Crippen molar-refractivity contribution in [2.75, 3.05) is 0 Å². The highest BCUT2D eigenvalue weighted by Crippen LogP contribution is 2.32. The van der Waals surface area contributed by atoms with E-state index in [4.69, 9.17) is 5.11 Å². The molecule has 0 saturated heterocycles. The van der Waals surface area contributed by atoms with Gasteiger partial charge in [0.1, 0.15) is 11.5 Å². The van der Waals surface area contributed by atoms with E-state index in [2.05, 4.69) is 0 Å². The second-order valence-electron chi connectivity index (χ2n) is 5.30. The maximum Gasteiger partial charge on any atom is 0.165 e. The largest absolute Gasteiger partial charge is 0.507 e. The van der Waals surface area contributed by atoms with Crippen LogP contribution in [0.1, 0.15) is 0 Å². The topological polar surface area (TPSA) is 80.9 Å². The van der Waals surface area contributed by atoms with Gasteiger partial charge in [0.05, 0.1) is 0 Å². The molecule has 0 aliphatic rings. The predicted molar refractivity (Wildman–Crippen MR) is 94.6 cm³/mol. The molecule has 0 fully saturated rings.